The highest BCUT2D eigenvalue weighted by molar-refractivity contribution is 9.10. The lowest BCUT2D eigenvalue weighted by molar-refractivity contribution is -0.124. The Kier molecular flexibility index (Phi) is 5.09. The van der Waals surface area contributed by atoms with E-state index in [0.29, 0.717) is 11.7 Å². The van der Waals surface area contributed by atoms with Crippen molar-refractivity contribution in [2.24, 2.45) is 11.7 Å². The molecule has 1 saturated carbocycles. The van der Waals surface area contributed by atoms with Crippen LogP contribution in [-0.4, -0.2) is 28.2 Å². The molecule has 1 aromatic heterocycles. The zero-order valence-electron chi connectivity index (χ0n) is 11.7. The molecular formula is C14H20BrN3OS. The third kappa shape index (κ3) is 3.54. The number of aromatic nitrogens is 1. The molecule has 1 aliphatic rings. The van der Waals surface area contributed by atoms with E-state index in [2.05, 4.69) is 26.2 Å². The second kappa shape index (κ2) is 6.45. The average Bonchev–Trinajstić information content (AvgIpc) is 3.20. The first-order valence-corrected chi connectivity index (χ1v) is 8.54. The number of thioether (sulfide) groups is 1. The van der Waals surface area contributed by atoms with Gasteiger partial charge in [-0.25, -0.2) is 4.98 Å². The van der Waals surface area contributed by atoms with Gasteiger partial charge in [-0.05, 0) is 60.7 Å². The summed E-state index contributed by atoms with van der Waals surface area (Å²) in [6.45, 7) is 4.09. The largest absolute Gasteiger partial charge is 0.368 e. The predicted octanol–water partition coefficient (Wildman–Crippen LogP) is 2.57. The van der Waals surface area contributed by atoms with E-state index in [4.69, 9.17) is 5.73 Å². The maximum absolute atomic E-state index is 12.1. The van der Waals surface area contributed by atoms with Crippen LogP contribution in [0, 0.1) is 5.92 Å². The average molecular weight is 358 g/mol. The Hall–Kier alpha value is -0.590. The third-order valence-corrected chi connectivity index (χ3v) is 5.52. The van der Waals surface area contributed by atoms with Crippen molar-refractivity contribution in [3.05, 3.63) is 22.8 Å². The first kappa shape index (κ1) is 15.8. The summed E-state index contributed by atoms with van der Waals surface area (Å²) in [5.74, 6) is 0.700. The number of amides is 1. The van der Waals surface area contributed by atoms with Crippen molar-refractivity contribution < 1.29 is 4.79 Å². The predicted molar refractivity (Wildman–Crippen MR) is 85.6 cm³/mol. The van der Waals surface area contributed by atoms with Gasteiger partial charge in [0.2, 0.25) is 5.91 Å². The van der Waals surface area contributed by atoms with E-state index in [1.54, 1.807) is 18.0 Å². The molecule has 1 atom stereocenters. The molecule has 6 heteroatoms. The second-order valence-electron chi connectivity index (χ2n) is 5.49. The minimum absolute atomic E-state index is 0.218. The minimum atomic E-state index is -0.629. The van der Waals surface area contributed by atoms with Crippen molar-refractivity contribution in [1.82, 2.24) is 10.3 Å². The van der Waals surface area contributed by atoms with Crippen LogP contribution in [0.2, 0.25) is 0 Å². The maximum Gasteiger partial charge on any atom is 0.238 e. The summed E-state index contributed by atoms with van der Waals surface area (Å²) >= 11 is 5.06. The zero-order chi connectivity index (χ0) is 14.8. The molecule has 0 saturated heterocycles. The van der Waals surface area contributed by atoms with Crippen LogP contribution in [0.5, 0.6) is 0 Å². The van der Waals surface area contributed by atoms with E-state index in [1.807, 2.05) is 26.0 Å². The van der Waals surface area contributed by atoms with Crippen LogP contribution in [0.15, 0.2) is 27.8 Å². The first-order chi connectivity index (χ1) is 9.45. The fraction of sp³-hybridized carbons (Fsp3) is 0.571. The van der Waals surface area contributed by atoms with Gasteiger partial charge in [0.05, 0.1) is 0 Å². The van der Waals surface area contributed by atoms with Gasteiger partial charge in [0.1, 0.15) is 10.6 Å². The number of rotatable bonds is 7. The molecule has 20 heavy (non-hydrogen) atoms. The van der Waals surface area contributed by atoms with Gasteiger partial charge in [-0.3, -0.25) is 4.79 Å². The van der Waals surface area contributed by atoms with Crippen molar-refractivity contribution in [2.75, 3.05) is 5.75 Å². The lowest BCUT2D eigenvalue weighted by Crippen LogP contribution is -2.61. The van der Waals surface area contributed by atoms with Crippen LogP contribution in [0.3, 0.4) is 0 Å². The highest BCUT2D eigenvalue weighted by Gasteiger charge is 2.50. The van der Waals surface area contributed by atoms with Crippen molar-refractivity contribution >= 4 is 33.6 Å². The van der Waals surface area contributed by atoms with E-state index in [-0.39, 0.29) is 11.9 Å². The number of nitrogens with two attached hydrogens (primary N) is 1. The van der Waals surface area contributed by atoms with Crippen LogP contribution >= 0.6 is 27.7 Å². The summed E-state index contributed by atoms with van der Waals surface area (Å²) in [6, 6.07) is 4.05. The summed E-state index contributed by atoms with van der Waals surface area (Å²) in [6.07, 6.45) is 3.88. The lowest BCUT2D eigenvalue weighted by atomic mass is 9.93. The van der Waals surface area contributed by atoms with Gasteiger partial charge >= 0.3 is 0 Å². The molecule has 4 nitrogen and oxygen atoms in total. The molecule has 1 amide bonds. The van der Waals surface area contributed by atoms with Crippen molar-refractivity contribution in [3.63, 3.8) is 0 Å². The number of carbonyl (C=O) groups is 1. The molecule has 0 spiro atoms. The second-order valence-corrected chi connectivity index (χ2v) is 7.31. The van der Waals surface area contributed by atoms with Crippen LogP contribution in [-0.2, 0) is 4.79 Å². The van der Waals surface area contributed by atoms with E-state index in [0.717, 1.165) is 22.3 Å². The molecule has 1 aliphatic carbocycles. The first-order valence-electron chi connectivity index (χ1n) is 6.76. The Balaban J connectivity index is 2.15. The molecule has 1 unspecified atom stereocenters. The van der Waals surface area contributed by atoms with Gasteiger partial charge in [0.15, 0.2) is 0 Å². The molecular weight excluding hydrogens is 338 g/mol. The normalized spacial score (nSPS) is 18.0. The summed E-state index contributed by atoms with van der Waals surface area (Å²) in [4.78, 5) is 16.4. The van der Waals surface area contributed by atoms with E-state index < -0.39 is 5.54 Å². The summed E-state index contributed by atoms with van der Waals surface area (Å²) in [7, 11) is 0. The van der Waals surface area contributed by atoms with E-state index >= 15 is 0 Å². The number of hydrogen-bond donors (Lipinski definition) is 2. The monoisotopic (exact) mass is 357 g/mol. The van der Waals surface area contributed by atoms with Crippen molar-refractivity contribution in [3.8, 4) is 0 Å². The standard InChI is InChI=1S/C14H20BrN3OS/c1-9(2)18-14(13(16)19,10-5-6-10)8-20-12-11(15)4-3-7-17-12/h3-4,7,9-10,18H,5-6,8H2,1-2H3,(H2,16,19). The van der Waals surface area contributed by atoms with Crippen molar-refractivity contribution in [2.45, 2.75) is 43.3 Å². The molecule has 2 rings (SSSR count). The van der Waals surface area contributed by atoms with E-state index in [1.165, 1.54) is 0 Å². The molecule has 3 N–H and O–H groups in total. The zero-order valence-corrected chi connectivity index (χ0v) is 14.1. The molecule has 1 fully saturated rings. The molecule has 0 aromatic carbocycles. The Morgan fingerprint density at radius 1 is 1.65 bits per heavy atom. The van der Waals surface area contributed by atoms with Crippen LogP contribution < -0.4 is 11.1 Å². The number of carbonyl (C=O) groups excluding carboxylic acids is 1. The number of nitrogens with zero attached hydrogens (tertiary/aromatic N) is 1. The third-order valence-electron chi connectivity index (χ3n) is 3.42. The van der Waals surface area contributed by atoms with Gasteiger partial charge in [-0.1, -0.05) is 0 Å². The Bertz CT molecular complexity index is 493. The van der Waals surface area contributed by atoms with Crippen molar-refractivity contribution in [1.29, 1.82) is 0 Å². The minimum Gasteiger partial charge on any atom is -0.368 e. The molecule has 110 valence electrons. The number of pyridine rings is 1. The number of halogens is 1. The Morgan fingerprint density at radius 2 is 2.35 bits per heavy atom. The SMILES string of the molecule is CC(C)NC(CSc1ncccc1Br)(C(N)=O)C1CC1. The summed E-state index contributed by atoms with van der Waals surface area (Å²) < 4.78 is 0.948. The fourth-order valence-corrected chi connectivity index (χ4v) is 4.14. The molecule has 1 heterocycles. The summed E-state index contributed by atoms with van der Waals surface area (Å²) in [5, 5.41) is 4.30. The number of nitrogens with one attached hydrogen (secondary N) is 1. The van der Waals surface area contributed by atoms with Crippen LogP contribution in [0.1, 0.15) is 26.7 Å². The summed E-state index contributed by atoms with van der Waals surface area (Å²) in [5.41, 5.74) is 5.09. The van der Waals surface area contributed by atoms with E-state index in [9.17, 15) is 4.79 Å². The van der Waals surface area contributed by atoms with Gasteiger partial charge in [-0.15, -0.1) is 11.8 Å². The molecule has 1 aromatic rings. The van der Waals surface area contributed by atoms with Gasteiger partial charge in [0, 0.05) is 22.5 Å². The topological polar surface area (TPSA) is 68.0 Å². The molecule has 0 bridgehead atoms. The van der Waals surface area contributed by atoms with Crippen LogP contribution in [0.4, 0.5) is 0 Å². The molecule has 0 radical (unpaired) electrons. The highest BCUT2D eigenvalue weighted by Crippen LogP contribution is 2.43. The highest BCUT2D eigenvalue weighted by atomic mass is 79.9. The number of primary amides is 1. The fourth-order valence-electron chi connectivity index (χ4n) is 2.37. The van der Waals surface area contributed by atoms with Gasteiger partial charge in [0.25, 0.3) is 0 Å². The van der Waals surface area contributed by atoms with Gasteiger partial charge < -0.3 is 11.1 Å². The maximum atomic E-state index is 12.1. The van der Waals surface area contributed by atoms with Gasteiger partial charge in [-0.2, -0.15) is 0 Å². The smallest absolute Gasteiger partial charge is 0.238 e. The number of hydrogen-bond acceptors (Lipinski definition) is 4. The lowest BCUT2D eigenvalue weighted by Gasteiger charge is -2.33. The molecule has 0 aliphatic heterocycles. The Morgan fingerprint density at radius 3 is 2.85 bits per heavy atom. The quantitative estimate of drug-likeness (QED) is 0.735. The Labute approximate surface area is 132 Å². The van der Waals surface area contributed by atoms with Crippen LogP contribution in [0.25, 0.3) is 0 Å².